The van der Waals surface area contributed by atoms with Crippen molar-refractivity contribution in [2.75, 3.05) is 17.2 Å². The zero-order valence-corrected chi connectivity index (χ0v) is 12.6. The van der Waals surface area contributed by atoms with Gasteiger partial charge in [-0.1, -0.05) is 13.8 Å². The van der Waals surface area contributed by atoms with Crippen LogP contribution in [0.2, 0.25) is 0 Å². The van der Waals surface area contributed by atoms with Crippen LogP contribution >= 0.6 is 0 Å². The smallest absolute Gasteiger partial charge is 0.316 e. The number of nitrogens with one attached hydrogen (secondary N) is 2. The predicted octanol–water partition coefficient (Wildman–Crippen LogP) is 2.13. The van der Waals surface area contributed by atoms with Gasteiger partial charge in [0.15, 0.2) is 0 Å². The van der Waals surface area contributed by atoms with Gasteiger partial charge in [0.1, 0.15) is 0 Å². The third-order valence-corrected chi connectivity index (χ3v) is 3.05. The lowest BCUT2D eigenvalue weighted by molar-refractivity contribution is -0.117. The number of primary amides is 1. The van der Waals surface area contributed by atoms with Crippen LogP contribution in [0.1, 0.15) is 26.7 Å². The second kappa shape index (κ2) is 8.26. The highest BCUT2D eigenvalue weighted by Gasteiger charge is 2.14. The Labute approximate surface area is 125 Å². The average molecular weight is 292 g/mol. The molecule has 21 heavy (non-hydrogen) atoms. The highest BCUT2D eigenvalue weighted by Crippen LogP contribution is 2.17. The number of urea groups is 1. The standard InChI is InChI=1S/C15H24N4O2/c1-10(2)7-11(9-16)8-14(20)18-12-3-5-13(6-4-12)19-15(17)21/h3-6,10-11H,7-9,16H2,1-2H3,(H,18,20)(H3,17,19,21)/t11-/m0/s1. The molecule has 1 rings (SSSR count). The minimum atomic E-state index is -0.619. The average Bonchev–Trinajstić information content (AvgIpc) is 2.39. The highest BCUT2D eigenvalue weighted by molar-refractivity contribution is 5.92. The van der Waals surface area contributed by atoms with E-state index in [1.165, 1.54) is 0 Å². The van der Waals surface area contributed by atoms with Gasteiger partial charge in [-0.15, -0.1) is 0 Å². The molecule has 0 saturated heterocycles. The largest absolute Gasteiger partial charge is 0.351 e. The van der Waals surface area contributed by atoms with Gasteiger partial charge in [-0.3, -0.25) is 4.79 Å². The number of benzene rings is 1. The van der Waals surface area contributed by atoms with Crippen LogP contribution in [0.25, 0.3) is 0 Å². The maximum atomic E-state index is 12.0. The Morgan fingerprint density at radius 2 is 1.62 bits per heavy atom. The van der Waals surface area contributed by atoms with Gasteiger partial charge in [0.2, 0.25) is 5.91 Å². The van der Waals surface area contributed by atoms with E-state index in [1.807, 2.05) is 0 Å². The van der Waals surface area contributed by atoms with E-state index in [0.717, 1.165) is 6.42 Å². The van der Waals surface area contributed by atoms with Crippen molar-refractivity contribution in [3.63, 3.8) is 0 Å². The second-order valence-corrected chi connectivity index (χ2v) is 5.55. The van der Waals surface area contributed by atoms with Gasteiger partial charge in [-0.05, 0) is 49.1 Å². The fourth-order valence-electron chi connectivity index (χ4n) is 2.18. The number of hydrogen-bond donors (Lipinski definition) is 4. The SMILES string of the molecule is CC(C)C[C@H](CN)CC(=O)Nc1ccc(NC(N)=O)cc1. The van der Waals surface area contributed by atoms with Crippen molar-refractivity contribution in [3.8, 4) is 0 Å². The fourth-order valence-corrected chi connectivity index (χ4v) is 2.18. The summed E-state index contributed by atoms with van der Waals surface area (Å²) in [5, 5.41) is 5.28. The Bertz CT molecular complexity index is 471. The molecule has 6 heteroatoms. The monoisotopic (exact) mass is 292 g/mol. The first-order chi connectivity index (χ1) is 9.90. The summed E-state index contributed by atoms with van der Waals surface area (Å²) in [4.78, 5) is 22.7. The first kappa shape index (κ1) is 17.0. The molecule has 1 atom stereocenters. The fraction of sp³-hybridized carbons (Fsp3) is 0.467. The summed E-state index contributed by atoms with van der Waals surface area (Å²) in [6.07, 6.45) is 1.35. The lowest BCUT2D eigenvalue weighted by atomic mass is 9.94. The van der Waals surface area contributed by atoms with Crippen LogP contribution in [0, 0.1) is 11.8 Å². The number of carbonyl (C=O) groups excluding carboxylic acids is 2. The zero-order valence-electron chi connectivity index (χ0n) is 12.6. The minimum absolute atomic E-state index is 0.0540. The van der Waals surface area contributed by atoms with E-state index >= 15 is 0 Å². The number of hydrogen-bond acceptors (Lipinski definition) is 3. The molecule has 0 aliphatic rings. The van der Waals surface area contributed by atoms with E-state index in [0.29, 0.717) is 30.3 Å². The molecule has 0 aromatic heterocycles. The maximum Gasteiger partial charge on any atom is 0.316 e. The van der Waals surface area contributed by atoms with Gasteiger partial charge in [0.25, 0.3) is 0 Å². The van der Waals surface area contributed by atoms with Crippen molar-refractivity contribution >= 4 is 23.3 Å². The van der Waals surface area contributed by atoms with Crippen molar-refractivity contribution < 1.29 is 9.59 Å². The Kier molecular flexibility index (Phi) is 6.68. The Morgan fingerprint density at radius 3 is 2.05 bits per heavy atom. The van der Waals surface area contributed by atoms with Crippen molar-refractivity contribution in [1.82, 2.24) is 0 Å². The van der Waals surface area contributed by atoms with Gasteiger partial charge in [0, 0.05) is 17.8 Å². The molecule has 3 amide bonds. The highest BCUT2D eigenvalue weighted by atomic mass is 16.2. The first-order valence-corrected chi connectivity index (χ1v) is 7.07. The molecule has 116 valence electrons. The molecule has 1 aromatic rings. The van der Waals surface area contributed by atoms with Crippen molar-refractivity contribution in [2.24, 2.45) is 23.3 Å². The molecule has 1 aromatic carbocycles. The molecule has 6 N–H and O–H groups in total. The molecule has 0 fully saturated rings. The van der Waals surface area contributed by atoms with E-state index in [1.54, 1.807) is 24.3 Å². The number of nitrogens with two attached hydrogens (primary N) is 2. The summed E-state index contributed by atoms with van der Waals surface area (Å²) >= 11 is 0. The van der Waals surface area contributed by atoms with Gasteiger partial charge in [-0.25, -0.2) is 4.79 Å². The van der Waals surface area contributed by atoms with E-state index < -0.39 is 6.03 Å². The van der Waals surface area contributed by atoms with Crippen molar-refractivity contribution in [3.05, 3.63) is 24.3 Å². The summed E-state index contributed by atoms with van der Waals surface area (Å²) in [6, 6.07) is 6.15. The van der Waals surface area contributed by atoms with Crippen LogP contribution in [-0.4, -0.2) is 18.5 Å². The Morgan fingerprint density at radius 1 is 1.10 bits per heavy atom. The van der Waals surface area contributed by atoms with Crippen LogP contribution in [-0.2, 0) is 4.79 Å². The molecule has 0 radical (unpaired) electrons. The minimum Gasteiger partial charge on any atom is -0.351 e. The van der Waals surface area contributed by atoms with Crippen molar-refractivity contribution in [1.29, 1.82) is 0 Å². The first-order valence-electron chi connectivity index (χ1n) is 7.07. The topological polar surface area (TPSA) is 110 Å². The molecule has 0 spiro atoms. The van der Waals surface area contributed by atoms with Gasteiger partial charge >= 0.3 is 6.03 Å². The number of amides is 3. The van der Waals surface area contributed by atoms with E-state index in [9.17, 15) is 9.59 Å². The van der Waals surface area contributed by atoms with Crippen LogP contribution < -0.4 is 22.1 Å². The van der Waals surface area contributed by atoms with Crippen LogP contribution in [0.5, 0.6) is 0 Å². The van der Waals surface area contributed by atoms with Gasteiger partial charge < -0.3 is 22.1 Å². The number of rotatable bonds is 7. The third kappa shape index (κ3) is 6.76. The number of carbonyl (C=O) groups is 2. The third-order valence-electron chi connectivity index (χ3n) is 3.05. The molecule has 6 nitrogen and oxygen atoms in total. The van der Waals surface area contributed by atoms with Crippen LogP contribution in [0.15, 0.2) is 24.3 Å². The lowest BCUT2D eigenvalue weighted by Gasteiger charge is -2.16. The molecule has 0 aliphatic carbocycles. The zero-order chi connectivity index (χ0) is 15.8. The molecule has 0 saturated carbocycles. The predicted molar refractivity (Wildman–Crippen MR) is 84.9 cm³/mol. The summed E-state index contributed by atoms with van der Waals surface area (Å²) < 4.78 is 0. The molecule has 0 unspecified atom stereocenters. The summed E-state index contributed by atoms with van der Waals surface area (Å²) in [5.74, 6) is 0.660. The van der Waals surface area contributed by atoms with Gasteiger partial charge in [-0.2, -0.15) is 0 Å². The van der Waals surface area contributed by atoms with Crippen LogP contribution in [0.4, 0.5) is 16.2 Å². The van der Waals surface area contributed by atoms with E-state index in [4.69, 9.17) is 11.5 Å². The normalized spacial score (nSPS) is 12.0. The van der Waals surface area contributed by atoms with E-state index in [2.05, 4.69) is 24.5 Å². The van der Waals surface area contributed by atoms with E-state index in [-0.39, 0.29) is 11.8 Å². The summed E-state index contributed by atoms with van der Waals surface area (Å²) in [7, 11) is 0. The molecule has 0 aliphatic heterocycles. The summed E-state index contributed by atoms with van der Waals surface area (Å²) in [6.45, 7) is 4.74. The summed E-state index contributed by atoms with van der Waals surface area (Å²) in [5.41, 5.74) is 12.0. The molecular weight excluding hydrogens is 268 g/mol. The molecule has 0 bridgehead atoms. The quantitative estimate of drug-likeness (QED) is 0.617. The van der Waals surface area contributed by atoms with Gasteiger partial charge in [0.05, 0.1) is 0 Å². The number of anilines is 2. The maximum absolute atomic E-state index is 12.0. The Balaban J connectivity index is 2.52. The molecular formula is C15H24N4O2. The van der Waals surface area contributed by atoms with Crippen LogP contribution in [0.3, 0.4) is 0 Å². The lowest BCUT2D eigenvalue weighted by Crippen LogP contribution is -2.23. The second-order valence-electron chi connectivity index (χ2n) is 5.55. The molecule has 0 heterocycles. The van der Waals surface area contributed by atoms with Crippen molar-refractivity contribution in [2.45, 2.75) is 26.7 Å². The Hall–Kier alpha value is -2.08.